The van der Waals surface area contributed by atoms with Crippen molar-refractivity contribution in [3.05, 3.63) is 88.2 Å². The number of benzene rings is 2. The van der Waals surface area contributed by atoms with Gasteiger partial charge in [-0.1, -0.05) is 48.5 Å². The van der Waals surface area contributed by atoms with Crippen molar-refractivity contribution < 1.29 is 14.6 Å². The molecule has 0 amide bonds. The van der Waals surface area contributed by atoms with Crippen LogP contribution in [0.25, 0.3) is 11.3 Å². The number of hydrogen-bond acceptors (Lipinski definition) is 5. The number of carbonyl (C=O) groups excluding carboxylic acids is 1. The molecule has 0 aliphatic carbocycles. The van der Waals surface area contributed by atoms with Crippen LogP contribution in [0.4, 0.5) is 0 Å². The van der Waals surface area contributed by atoms with Gasteiger partial charge in [-0.15, -0.1) is 0 Å². The van der Waals surface area contributed by atoms with E-state index in [1.807, 2.05) is 54.6 Å². The Morgan fingerprint density at radius 3 is 2.41 bits per heavy atom. The lowest BCUT2D eigenvalue weighted by atomic mass is 10.1. The number of aliphatic hydroxyl groups excluding tert-OH is 1. The molecule has 0 aliphatic heterocycles. The van der Waals surface area contributed by atoms with Gasteiger partial charge in [0, 0.05) is 18.2 Å². The van der Waals surface area contributed by atoms with Crippen molar-refractivity contribution in [3.8, 4) is 11.3 Å². The van der Waals surface area contributed by atoms with Gasteiger partial charge in [0.05, 0.1) is 19.3 Å². The van der Waals surface area contributed by atoms with Gasteiger partial charge in [0.25, 0.3) is 12.0 Å². The Labute approximate surface area is 157 Å². The molecule has 0 radical (unpaired) electrons. The molecule has 0 spiro atoms. The van der Waals surface area contributed by atoms with Gasteiger partial charge in [0.2, 0.25) is 0 Å². The van der Waals surface area contributed by atoms with Gasteiger partial charge < -0.3 is 9.84 Å². The van der Waals surface area contributed by atoms with E-state index in [-0.39, 0.29) is 12.2 Å². The number of methoxy groups -OCH3 is 1. The molecule has 0 atom stereocenters. The topological polar surface area (TPSA) is 81.4 Å². The molecule has 0 bridgehead atoms. The molecule has 27 heavy (non-hydrogen) atoms. The summed E-state index contributed by atoms with van der Waals surface area (Å²) >= 11 is 0. The Hall–Kier alpha value is -3.25. The predicted octanol–water partition coefficient (Wildman–Crippen LogP) is 2.28. The zero-order valence-corrected chi connectivity index (χ0v) is 15.1. The second-order valence-electron chi connectivity index (χ2n) is 5.71. The first-order valence-electron chi connectivity index (χ1n) is 8.46. The number of carbonyl (C=O) groups is 1. The molecule has 1 N–H and O–H groups in total. The van der Waals surface area contributed by atoms with Gasteiger partial charge in [-0.3, -0.25) is 9.59 Å². The van der Waals surface area contributed by atoms with Crippen molar-refractivity contribution in [1.29, 1.82) is 0 Å². The van der Waals surface area contributed by atoms with Crippen LogP contribution in [0, 0.1) is 0 Å². The average molecular weight is 366 g/mol. The largest absolute Gasteiger partial charge is 0.471 e. The summed E-state index contributed by atoms with van der Waals surface area (Å²) in [4.78, 5) is 21.0. The summed E-state index contributed by atoms with van der Waals surface area (Å²) in [5.74, 6) is 0. The molecule has 0 aliphatic rings. The number of hydrogen-bond donors (Lipinski definition) is 1. The van der Waals surface area contributed by atoms with E-state index >= 15 is 0 Å². The third-order valence-electron chi connectivity index (χ3n) is 3.76. The molecule has 3 rings (SSSR count). The van der Waals surface area contributed by atoms with Crippen LogP contribution in [0.2, 0.25) is 0 Å². The maximum atomic E-state index is 12.0. The maximum absolute atomic E-state index is 12.0. The number of nitrogens with zero attached hydrogens (tertiary/aromatic N) is 2. The Bertz CT molecular complexity index is 907. The van der Waals surface area contributed by atoms with E-state index in [2.05, 4.69) is 9.84 Å². The monoisotopic (exact) mass is 366 g/mol. The van der Waals surface area contributed by atoms with Gasteiger partial charge in [0.15, 0.2) is 0 Å². The minimum atomic E-state index is -0.121. The minimum absolute atomic E-state index is 0.115. The molecule has 0 saturated carbocycles. The molecular weight excluding hydrogens is 344 g/mol. The summed E-state index contributed by atoms with van der Waals surface area (Å²) < 4.78 is 5.34. The third-order valence-corrected chi connectivity index (χ3v) is 3.76. The predicted molar refractivity (Wildman–Crippen MR) is 103 cm³/mol. The van der Waals surface area contributed by atoms with Crippen molar-refractivity contribution in [3.63, 3.8) is 0 Å². The molecule has 1 heterocycles. The molecular formula is C21H22N2O4. The lowest BCUT2D eigenvalue weighted by Crippen LogP contribution is -2.22. The first-order chi connectivity index (χ1) is 13.2. The smallest absolute Gasteiger partial charge is 0.292 e. The summed E-state index contributed by atoms with van der Waals surface area (Å²) in [5, 5.41) is 13.5. The summed E-state index contributed by atoms with van der Waals surface area (Å²) in [5.41, 5.74) is 3.66. The zero-order chi connectivity index (χ0) is 19.5. The van der Waals surface area contributed by atoms with E-state index in [1.54, 1.807) is 12.1 Å². The van der Waals surface area contributed by atoms with Crippen LogP contribution in [-0.4, -0.2) is 35.1 Å². The molecule has 6 heteroatoms. The van der Waals surface area contributed by atoms with Gasteiger partial charge in [-0.2, -0.15) is 5.10 Å². The molecule has 6 nitrogen and oxygen atoms in total. The fraction of sp³-hybridized carbons (Fsp3) is 0.190. The highest BCUT2D eigenvalue weighted by Crippen LogP contribution is 2.17. The van der Waals surface area contributed by atoms with Crippen LogP contribution in [0.15, 0.2) is 71.5 Å². The van der Waals surface area contributed by atoms with E-state index in [0.717, 1.165) is 22.4 Å². The van der Waals surface area contributed by atoms with Gasteiger partial charge >= 0.3 is 0 Å². The van der Waals surface area contributed by atoms with Crippen LogP contribution < -0.4 is 5.56 Å². The van der Waals surface area contributed by atoms with Gasteiger partial charge in [0.1, 0.15) is 0 Å². The van der Waals surface area contributed by atoms with E-state index in [9.17, 15) is 4.79 Å². The van der Waals surface area contributed by atoms with Crippen molar-refractivity contribution >= 4 is 6.47 Å². The van der Waals surface area contributed by atoms with Crippen molar-refractivity contribution in [2.45, 2.75) is 13.0 Å². The van der Waals surface area contributed by atoms with Crippen LogP contribution >= 0.6 is 0 Å². The molecule has 0 fully saturated rings. The Morgan fingerprint density at radius 1 is 1.04 bits per heavy atom. The number of ether oxygens (including phenoxy) is 1. The molecule has 2 aromatic carbocycles. The van der Waals surface area contributed by atoms with Crippen LogP contribution in [0.1, 0.15) is 11.1 Å². The van der Waals surface area contributed by atoms with E-state index in [0.29, 0.717) is 19.4 Å². The average Bonchev–Trinajstić information content (AvgIpc) is 2.71. The molecule has 0 unspecified atom stereocenters. The maximum Gasteiger partial charge on any atom is 0.292 e. The SMILES string of the molecule is COC=O.O=c1ccc(-c2cccc(CCO)c2)nn1Cc1ccccc1. The van der Waals surface area contributed by atoms with Crippen molar-refractivity contribution in [2.75, 3.05) is 13.7 Å². The Kier molecular flexibility index (Phi) is 7.93. The fourth-order valence-electron chi connectivity index (χ4n) is 2.49. The fourth-order valence-corrected chi connectivity index (χ4v) is 2.49. The highest BCUT2D eigenvalue weighted by molar-refractivity contribution is 5.59. The summed E-state index contributed by atoms with van der Waals surface area (Å²) in [6, 6.07) is 20.9. The second kappa shape index (κ2) is 10.7. The Morgan fingerprint density at radius 2 is 1.74 bits per heavy atom. The van der Waals surface area contributed by atoms with Crippen molar-refractivity contribution in [1.82, 2.24) is 9.78 Å². The number of rotatable bonds is 6. The normalized spacial score (nSPS) is 9.85. The standard InChI is InChI=1S/C19H18N2O2.C2H4O2/c22-12-11-15-7-4-8-17(13-15)18-9-10-19(23)21(20-18)14-16-5-2-1-3-6-16;1-4-2-3/h1-10,13,22H,11-12,14H2;2H,1H3. The number of aromatic nitrogens is 2. The third kappa shape index (κ3) is 6.20. The highest BCUT2D eigenvalue weighted by Gasteiger charge is 2.05. The summed E-state index contributed by atoms with van der Waals surface area (Å²) in [7, 11) is 1.31. The summed E-state index contributed by atoms with van der Waals surface area (Å²) in [6.07, 6.45) is 0.609. The van der Waals surface area contributed by atoms with E-state index in [1.165, 1.54) is 11.8 Å². The molecule has 140 valence electrons. The minimum Gasteiger partial charge on any atom is -0.471 e. The first kappa shape index (κ1) is 20.1. The lowest BCUT2D eigenvalue weighted by Gasteiger charge is -2.08. The van der Waals surface area contributed by atoms with Gasteiger partial charge in [-0.25, -0.2) is 4.68 Å². The molecule has 3 aromatic rings. The van der Waals surface area contributed by atoms with E-state index in [4.69, 9.17) is 9.90 Å². The van der Waals surface area contributed by atoms with Gasteiger partial charge in [-0.05, 0) is 29.7 Å². The quantitative estimate of drug-likeness (QED) is 0.677. The summed E-state index contributed by atoms with van der Waals surface area (Å²) in [6.45, 7) is 0.939. The molecule has 0 saturated heterocycles. The van der Waals surface area contributed by atoms with Crippen molar-refractivity contribution in [2.24, 2.45) is 0 Å². The molecule has 1 aromatic heterocycles. The van der Waals surface area contributed by atoms with Crippen LogP contribution in [0.3, 0.4) is 0 Å². The second-order valence-corrected chi connectivity index (χ2v) is 5.71. The van der Waals surface area contributed by atoms with Crippen LogP contribution in [-0.2, 0) is 22.5 Å². The highest BCUT2D eigenvalue weighted by atomic mass is 16.5. The zero-order valence-electron chi connectivity index (χ0n) is 15.1. The van der Waals surface area contributed by atoms with E-state index < -0.39 is 0 Å². The lowest BCUT2D eigenvalue weighted by molar-refractivity contribution is -0.126. The Balaban J connectivity index is 0.000000596. The van der Waals surface area contributed by atoms with Crippen LogP contribution in [0.5, 0.6) is 0 Å². The first-order valence-corrected chi connectivity index (χ1v) is 8.46. The number of aliphatic hydroxyl groups is 1.